The van der Waals surface area contributed by atoms with Crippen LogP contribution in [-0.2, 0) is 0 Å². The van der Waals surface area contributed by atoms with E-state index < -0.39 is 0 Å². The topological polar surface area (TPSA) is 67.2 Å². The highest BCUT2D eigenvalue weighted by atomic mass is 16.5. The van der Waals surface area contributed by atoms with E-state index in [9.17, 15) is 0 Å². The van der Waals surface area contributed by atoms with E-state index in [4.69, 9.17) is 4.74 Å². The molecule has 0 amide bonds. The fourth-order valence-corrected chi connectivity index (χ4v) is 5.67. The number of aromatic nitrogens is 4. The minimum absolute atomic E-state index is 0.389. The molecule has 2 saturated carbocycles. The molecule has 2 N–H and O–H groups in total. The Labute approximate surface area is 194 Å². The van der Waals surface area contributed by atoms with Gasteiger partial charge in [-0.15, -0.1) is 0 Å². The van der Waals surface area contributed by atoms with E-state index in [0.29, 0.717) is 11.8 Å². The molecule has 0 aliphatic heterocycles. The molecule has 2 aliphatic carbocycles. The van der Waals surface area contributed by atoms with Gasteiger partial charge in [0, 0.05) is 34.7 Å². The van der Waals surface area contributed by atoms with Crippen LogP contribution in [0.25, 0.3) is 27.8 Å². The zero-order valence-corrected chi connectivity index (χ0v) is 19.8. The summed E-state index contributed by atoms with van der Waals surface area (Å²) in [6, 6.07) is 10.7. The number of nitrogens with one attached hydrogen (secondary N) is 2. The van der Waals surface area contributed by atoms with Gasteiger partial charge in [0.05, 0.1) is 12.8 Å². The third kappa shape index (κ3) is 3.80. The summed E-state index contributed by atoms with van der Waals surface area (Å²) in [5.41, 5.74) is 6.99. The second-order valence-electron chi connectivity index (χ2n) is 10.2. The lowest BCUT2D eigenvalue weighted by atomic mass is 9.81. The molecule has 6 rings (SSSR count). The first-order valence-electron chi connectivity index (χ1n) is 12.4. The number of hydrogen-bond donors (Lipinski definition) is 2. The maximum absolute atomic E-state index is 5.61. The highest BCUT2D eigenvalue weighted by Gasteiger charge is 2.28. The van der Waals surface area contributed by atoms with E-state index in [1.165, 1.54) is 60.6 Å². The molecule has 1 aromatic carbocycles. The predicted octanol–water partition coefficient (Wildman–Crippen LogP) is 5.79. The van der Waals surface area contributed by atoms with E-state index >= 15 is 0 Å². The van der Waals surface area contributed by atoms with E-state index in [1.54, 1.807) is 18.0 Å². The number of fused-ring (bicyclic) bond motifs is 2. The van der Waals surface area contributed by atoms with E-state index in [0.717, 1.165) is 34.7 Å². The summed E-state index contributed by atoms with van der Waals surface area (Å²) in [6.07, 6.45) is 11.5. The molecule has 0 unspecified atom stereocenters. The summed E-state index contributed by atoms with van der Waals surface area (Å²) < 4.78 is 7.41. The van der Waals surface area contributed by atoms with Crippen LogP contribution in [0, 0.1) is 0 Å². The number of rotatable bonds is 6. The molecule has 0 radical (unpaired) electrons. The van der Waals surface area contributed by atoms with Crippen LogP contribution in [0.3, 0.4) is 0 Å². The zero-order valence-electron chi connectivity index (χ0n) is 19.8. The minimum atomic E-state index is 0.389. The molecule has 3 aromatic heterocycles. The number of benzene rings is 1. The highest BCUT2D eigenvalue weighted by Crippen LogP contribution is 2.40. The van der Waals surface area contributed by atoms with Crippen molar-refractivity contribution < 1.29 is 4.74 Å². The van der Waals surface area contributed by atoms with Gasteiger partial charge in [0.2, 0.25) is 0 Å². The summed E-state index contributed by atoms with van der Waals surface area (Å²) in [7, 11) is 1.68. The number of pyridine rings is 1. The van der Waals surface area contributed by atoms with Crippen LogP contribution in [0.5, 0.6) is 5.75 Å². The fraction of sp³-hybridized carbons (Fsp3) is 0.481. The fourth-order valence-electron chi connectivity index (χ4n) is 5.67. The van der Waals surface area contributed by atoms with Crippen molar-refractivity contribution in [3.63, 3.8) is 0 Å². The maximum atomic E-state index is 5.61. The third-order valence-electron chi connectivity index (χ3n) is 7.54. The molecule has 4 aromatic rings. The van der Waals surface area contributed by atoms with Gasteiger partial charge in [0.15, 0.2) is 11.4 Å². The number of nitrogens with zero attached hydrogens (tertiary/aromatic N) is 3. The lowest BCUT2D eigenvalue weighted by Gasteiger charge is -2.29. The average molecular weight is 444 g/mol. The Bertz CT molecular complexity index is 1290. The van der Waals surface area contributed by atoms with Crippen LogP contribution in [0.2, 0.25) is 0 Å². The molecular weight excluding hydrogens is 410 g/mol. The largest absolute Gasteiger partial charge is 0.493 e. The van der Waals surface area contributed by atoms with E-state index in [-0.39, 0.29) is 0 Å². The second-order valence-corrected chi connectivity index (χ2v) is 10.2. The normalized spacial score (nSPS) is 21.3. The van der Waals surface area contributed by atoms with Gasteiger partial charge in [0.1, 0.15) is 6.33 Å². The van der Waals surface area contributed by atoms with Crippen molar-refractivity contribution in [2.45, 2.75) is 76.3 Å². The maximum Gasteiger partial charge on any atom is 0.197 e. The highest BCUT2D eigenvalue weighted by molar-refractivity contribution is 5.92. The van der Waals surface area contributed by atoms with E-state index in [2.05, 4.69) is 58.5 Å². The van der Waals surface area contributed by atoms with Crippen molar-refractivity contribution in [2.24, 2.45) is 0 Å². The van der Waals surface area contributed by atoms with Crippen LogP contribution in [0.4, 0.5) is 0 Å². The van der Waals surface area contributed by atoms with Gasteiger partial charge in [-0.3, -0.25) is 0 Å². The van der Waals surface area contributed by atoms with Crippen molar-refractivity contribution in [1.82, 2.24) is 24.9 Å². The van der Waals surface area contributed by atoms with Crippen molar-refractivity contribution >= 4 is 16.6 Å². The standard InChI is InChI=1S/C27H33N5O/c1-16(2)25-22-12-18(17-4-7-20(8-5-17)30-21-9-10-21)6-11-23(22)31-26(25)19-13-24(33-3)27-28-15-29-32(27)14-19/h6,11-17,20-21,30-31H,4-5,7-10H2,1-3H3. The molecule has 0 bridgehead atoms. The van der Waals surface area contributed by atoms with Crippen LogP contribution in [0.15, 0.2) is 36.8 Å². The summed E-state index contributed by atoms with van der Waals surface area (Å²) in [5, 5.41) is 9.53. The molecule has 33 heavy (non-hydrogen) atoms. The zero-order chi connectivity index (χ0) is 22.5. The number of aromatic amines is 1. The third-order valence-corrected chi connectivity index (χ3v) is 7.54. The summed E-state index contributed by atoms with van der Waals surface area (Å²) in [5.74, 6) is 1.78. The summed E-state index contributed by atoms with van der Waals surface area (Å²) in [6.45, 7) is 4.55. The number of hydrogen-bond acceptors (Lipinski definition) is 4. The Morgan fingerprint density at radius 1 is 1.06 bits per heavy atom. The monoisotopic (exact) mass is 443 g/mol. The Morgan fingerprint density at radius 3 is 2.52 bits per heavy atom. The first-order valence-corrected chi connectivity index (χ1v) is 12.4. The van der Waals surface area contributed by atoms with Gasteiger partial charge in [-0.2, -0.15) is 5.10 Å². The summed E-state index contributed by atoms with van der Waals surface area (Å²) in [4.78, 5) is 8.03. The van der Waals surface area contributed by atoms with E-state index in [1.807, 2.05) is 6.20 Å². The summed E-state index contributed by atoms with van der Waals surface area (Å²) >= 11 is 0. The van der Waals surface area contributed by atoms with Crippen LogP contribution in [0.1, 0.15) is 75.3 Å². The van der Waals surface area contributed by atoms with Crippen molar-refractivity contribution in [2.75, 3.05) is 7.11 Å². The Morgan fingerprint density at radius 2 is 1.82 bits per heavy atom. The molecule has 6 heteroatoms. The molecule has 172 valence electrons. The molecule has 2 fully saturated rings. The first-order chi connectivity index (χ1) is 16.1. The lowest BCUT2D eigenvalue weighted by molar-refractivity contribution is 0.341. The SMILES string of the molecule is COc1cc(-c2[nH]c3ccc(C4CCC(NC5CC5)CC4)cc3c2C(C)C)cn2ncnc12. The quantitative estimate of drug-likeness (QED) is 0.396. The molecule has 3 heterocycles. The van der Waals surface area contributed by atoms with Crippen LogP contribution in [-0.4, -0.2) is 38.8 Å². The number of methoxy groups -OCH3 is 1. The van der Waals surface area contributed by atoms with Crippen molar-refractivity contribution in [1.29, 1.82) is 0 Å². The molecule has 6 nitrogen and oxygen atoms in total. The van der Waals surface area contributed by atoms with Crippen LogP contribution < -0.4 is 10.1 Å². The van der Waals surface area contributed by atoms with Gasteiger partial charge in [-0.05, 0) is 79.7 Å². The number of H-pyrrole nitrogens is 1. The van der Waals surface area contributed by atoms with Crippen molar-refractivity contribution in [3.8, 4) is 17.0 Å². The van der Waals surface area contributed by atoms with Gasteiger partial charge < -0.3 is 15.0 Å². The lowest BCUT2D eigenvalue weighted by Crippen LogP contribution is -2.34. The Kier molecular flexibility index (Phi) is 5.13. The Balaban J connectivity index is 1.36. The van der Waals surface area contributed by atoms with Gasteiger partial charge in [-0.25, -0.2) is 9.50 Å². The minimum Gasteiger partial charge on any atom is -0.493 e. The average Bonchev–Trinajstić information content (AvgIpc) is 3.36. The molecule has 0 saturated heterocycles. The van der Waals surface area contributed by atoms with Crippen LogP contribution >= 0.6 is 0 Å². The molecule has 0 atom stereocenters. The second kappa shape index (κ2) is 8.17. The van der Waals surface area contributed by atoms with Gasteiger partial charge >= 0.3 is 0 Å². The van der Waals surface area contributed by atoms with Gasteiger partial charge in [-0.1, -0.05) is 19.9 Å². The smallest absolute Gasteiger partial charge is 0.197 e. The van der Waals surface area contributed by atoms with Crippen molar-refractivity contribution in [3.05, 3.63) is 47.9 Å². The molecule has 0 spiro atoms. The van der Waals surface area contributed by atoms with Gasteiger partial charge in [0.25, 0.3) is 0 Å². The first kappa shape index (κ1) is 20.7. The number of ether oxygens (including phenoxy) is 1. The molecule has 2 aliphatic rings. The predicted molar refractivity (Wildman–Crippen MR) is 132 cm³/mol. The molecular formula is C27H33N5O. The Hall–Kier alpha value is -2.86.